The minimum atomic E-state index is -0.485. The maximum absolute atomic E-state index is 12.0. The Bertz CT molecular complexity index is 1190. The molecule has 2 heterocycles. The van der Waals surface area contributed by atoms with E-state index >= 15 is 0 Å². The summed E-state index contributed by atoms with van der Waals surface area (Å²) in [5.41, 5.74) is 1.42. The minimum absolute atomic E-state index is 0.247. The summed E-state index contributed by atoms with van der Waals surface area (Å²) in [5.74, 6) is -0.123. The Hall–Kier alpha value is -3.16. The molecule has 0 radical (unpaired) electrons. The third kappa shape index (κ3) is 3.90. The van der Waals surface area contributed by atoms with Crippen LogP contribution in [-0.4, -0.2) is 17.5 Å². The summed E-state index contributed by atoms with van der Waals surface area (Å²) in [6.45, 7) is -0.257. The van der Waals surface area contributed by atoms with Crippen molar-refractivity contribution in [1.29, 1.82) is 0 Å². The van der Waals surface area contributed by atoms with Crippen LogP contribution in [0.4, 0.5) is 5.13 Å². The number of nitrogens with zero attached hydrogens (tertiary/aromatic N) is 1. The Morgan fingerprint density at radius 3 is 2.79 bits per heavy atom. The van der Waals surface area contributed by atoms with Gasteiger partial charge in [0.2, 0.25) is 0 Å². The van der Waals surface area contributed by atoms with E-state index < -0.39 is 5.63 Å². The number of benzene rings is 2. The van der Waals surface area contributed by atoms with E-state index in [9.17, 15) is 9.59 Å². The van der Waals surface area contributed by atoms with Crippen LogP contribution in [0.15, 0.2) is 69.3 Å². The van der Waals surface area contributed by atoms with Crippen molar-refractivity contribution in [3.8, 4) is 16.9 Å². The fraction of sp³-hybridized carbons (Fsp3) is 0.0500. The van der Waals surface area contributed by atoms with Crippen LogP contribution in [0, 0.1) is 0 Å². The van der Waals surface area contributed by atoms with Gasteiger partial charge in [0, 0.05) is 29.1 Å². The molecular weight excluding hydrogens is 400 g/mol. The molecule has 0 fully saturated rings. The second kappa shape index (κ2) is 7.84. The second-order valence-corrected chi connectivity index (χ2v) is 7.10. The molecule has 8 heteroatoms. The SMILES string of the molecule is O=C(COc1cc2oc(=O)cc(-c3ccccc3)c2cc1Cl)Nc1nccs1. The number of amides is 1. The standard InChI is InChI=1S/C20H13ClN2O4S/c21-15-8-14-13(12-4-2-1-3-5-12)9-19(25)27-16(14)10-17(15)26-11-18(24)23-20-22-6-7-28-20/h1-10H,11H2,(H,22,23,24). The zero-order valence-electron chi connectivity index (χ0n) is 14.3. The van der Waals surface area contributed by atoms with Crippen molar-refractivity contribution in [2.24, 2.45) is 0 Å². The molecule has 2 aromatic carbocycles. The van der Waals surface area contributed by atoms with E-state index in [1.165, 1.54) is 23.5 Å². The molecule has 0 unspecified atom stereocenters. The van der Waals surface area contributed by atoms with Crippen LogP contribution in [0.3, 0.4) is 0 Å². The highest BCUT2D eigenvalue weighted by Gasteiger charge is 2.14. The number of rotatable bonds is 5. The number of aromatic nitrogens is 1. The summed E-state index contributed by atoms with van der Waals surface area (Å²) in [7, 11) is 0. The number of carbonyl (C=O) groups is 1. The maximum atomic E-state index is 12.0. The van der Waals surface area contributed by atoms with Crippen LogP contribution >= 0.6 is 22.9 Å². The van der Waals surface area contributed by atoms with Gasteiger partial charge in [-0.2, -0.15) is 0 Å². The van der Waals surface area contributed by atoms with Crippen LogP contribution in [0.25, 0.3) is 22.1 Å². The molecule has 0 spiro atoms. The van der Waals surface area contributed by atoms with Gasteiger partial charge in [0.25, 0.3) is 5.91 Å². The van der Waals surface area contributed by atoms with Crippen LogP contribution in [0.5, 0.6) is 5.75 Å². The highest BCUT2D eigenvalue weighted by atomic mass is 35.5. The first-order valence-electron chi connectivity index (χ1n) is 8.25. The van der Waals surface area contributed by atoms with Gasteiger partial charge >= 0.3 is 5.63 Å². The van der Waals surface area contributed by atoms with E-state index in [0.29, 0.717) is 26.7 Å². The largest absolute Gasteiger partial charge is 0.482 e. The Labute approximate surface area is 168 Å². The van der Waals surface area contributed by atoms with Crippen LogP contribution in [0.2, 0.25) is 5.02 Å². The lowest BCUT2D eigenvalue weighted by atomic mass is 10.0. The molecule has 1 N–H and O–H groups in total. The van der Waals surface area contributed by atoms with Crippen LogP contribution in [0.1, 0.15) is 0 Å². The smallest absolute Gasteiger partial charge is 0.336 e. The quantitative estimate of drug-likeness (QED) is 0.485. The number of carbonyl (C=O) groups excluding carboxylic acids is 1. The van der Waals surface area contributed by atoms with Crippen LogP contribution < -0.4 is 15.7 Å². The third-order valence-electron chi connectivity index (χ3n) is 3.92. The minimum Gasteiger partial charge on any atom is -0.482 e. The first-order chi connectivity index (χ1) is 13.6. The molecule has 140 valence electrons. The average Bonchev–Trinajstić information content (AvgIpc) is 3.20. The number of ether oxygens (including phenoxy) is 1. The Morgan fingerprint density at radius 2 is 2.04 bits per heavy atom. The van der Waals surface area contributed by atoms with Gasteiger partial charge in [-0.05, 0) is 17.2 Å². The molecule has 0 aliphatic rings. The molecule has 28 heavy (non-hydrogen) atoms. The van der Waals surface area contributed by atoms with Gasteiger partial charge < -0.3 is 9.15 Å². The number of hydrogen-bond acceptors (Lipinski definition) is 6. The summed E-state index contributed by atoms with van der Waals surface area (Å²) in [5, 5.41) is 5.83. The summed E-state index contributed by atoms with van der Waals surface area (Å²) in [4.78, 5) is 27.9. The number of hydrogen-bond donors (Lipinski definition) is 1. The number of thiazole rings is 1. The van der Waals surface area contributed by atoms with Crippen molar-refractivity contribution in [3.05, 3.63) is 75.6 Å². The lowest BCUT2D eigenvalue weighted by molar-refractivity contribution is -0.118. The lowest BCUT2D eigenvalue weighted by Crippen LogP contribution is -2.20. The molecule has 0 atom stereocenters. The first-order valence-corrected chi connectivity index (χ1v) is 9.51. The molecule has 6 nitrogen and oxygen atoms in total. The van der Waals surface area contributed by atoms with Gasteiger partial charge in [0.15, 0.2) is 11.7 Å². The predicted octanol–water partition coefficient (Wildman–Crippen LogP) is 4.59. The van der Waals surface area contributed by atoms with Gasteiger partial charge in [0.1, 0.15) is 11.3 Å². The topological polar surface area (TPSA) is 81.4 Å². The molecule has 0 saturated carbocycles. The fourth-order valence-electron chi connectivity index (χ4n) is 2.71. The van der Waals surface area contributed by atoms with E-state index in [1.54, 1.807) is 17.6 Å². The van der Waals surface area contributed by atoms with Gasteiger partial charge in [-0.1, -0.05) is 41.9 Å². The molecule has 1 amide bonds. The van der Waals surface area contributed by atoms with Crippen molar-refractivity contribution in [2.75, 3.05) is 11.9 Å². The molecule has 4 rings (SSSR count). The highest BCUT2D eigenvalue weighted by molar-refractivity contribution is 7.13. The number of anilines is 1. The van der Waals surface area contributed by atoms with Crippen molar-refractivity contribution in [2.45, 2.75) is 0 Å². The van der Waals surface area contributed by atoms with Crippen molar-refractivity contribution in [3.63, 3.8) is 0 Å². The summed E-state index contributed by atoms with van der Waals surface area (Å²) < 4.78 is 10.8. The van der Waals surface area contributed by atoms with Crippen molar-refractivity contribution >= 4 is 44.9 Å². The third-order valence-corrected chi connectivity index (χ3v) is 4.90. The van der Waals surface area contributed by atoms with Gasteiger partial charge in [-0.25, -0.2) is 9.78 Å². The van der Waals surface area contributed by atoms with E-state index in [4.69, 9.17) is 20.8 Å². The van der Waals surface area contributed by atoms with Crippen LogP contribution in [-0.2, 0) is 4.79 Å². The highest BCUT2D eigenvalue weighted by Crippen LogP contribution is 2.34. The second-order valence-electron chi connectivity index (χ2n) is 5.80. The molecule has 0 aliphatic carbocycles. The Balaban J connectivity index is 1.63. The first kappa shape index (κ1) is 18.2. The van der Waals surface area contributed by atoms with Crippen molar-refractivity contribution < 1.29 is 13.9 Å². The van der Waals surface area contributed by atoms with E-state index in [1.807, 2.05) is 30.3 Å². The molecule has 4 aromatic rings. The van der Waals surface area contributed by atoms with E-state index in [-0.39, 0.29) is 18.3 Å². The maximum Gasteiger partial charge on any atom is 0.336 e. The molecule has 0 saturated heterocycles. The number of nitrogens with one attached hydrogen (secondary N) is 1. The predicted molar refractivity (Wildman–Crippen MR) is 109 cm³/mol. The normalized spacial score (nSPS) is 10.8. The van der Waals surface area contributed by atoms with Gasteiger partial charge in [-0.3, -0.25) is 10.1 Å². The average molecular weight is 413 g/mol. The summed E-state index contributed by atoms with van der Waals surface area (Å²) in [6.07, 6.45) is 1.59. The fourth-order valence-corrected chi connectivity index (χ4v) is 3.48. The monoisotopic (exact) mass is 412 g/mol. The molecular formula is C20H13ClN2O4S. The Kier molecular flexibility index (Phi) is 5.10. The molecule has 0 aliphatic heterocycles. The van der Waals surface area contributed by atoms with E-state index in [2.05, 4.69) is 10.3 Å². The van der Waals surface area contributed by atoms with E-state index in [0.717, 1.165) is 5.56 Å². The summed E-state index contributed by atoms with van der Waals surface area (Å²) in [6, 6.07) is 14.1. The number of fused-ring (bicyclic) bond motifs is 1. The van der Waals surface area contributed by atoms with Gasteiger partial charge in [0.05, 0.1) is 5.02 Å². The number of halogens is 1. The zero-order valence-corrected chi connectivity index (χ0v) is 15.9. The zero-order chi connectivity index (χ0) is 19.5. The summed E-state index contributed by atoms with van der Waals surface area (Å²) >= 11 is 7.65. The van der Waals surface area contributed by atoms with Gasteiger partial charge in [-0.15, -0.1) is 11.3 Å². The molecule has 0 bridgehead atoms. The van der Waals surface area contributed by atoms with Crippen molar-refractivity contribution in [1.82, 2.24) is 4.98 Å². The lowest BCUT2D eigenvalue weighted by Gasteiger charge is -2.11. The Morgan fingerprint density at radius 1 is 1.21 bits per heavy atom. The molecule has 2 aromatic heterocycles.